The van der Waals surface area contributed by atoms with Crippen LogP contribution in [0.1, 0.15) is 47.4 Å². The number of thioether (sulfide) groups is 1. The molecule has 0 radical (unpaired) electrons. The normalized spacial score (nSPS) is 26.6. The van der Waals surface area contributed by atoms with Crippen LogP contribution in [0.3, 0.4) is 0 Å². The molecule has 11 heteroatoms. The molecule has 1 saturated heterocycles. The number of phenols is 1. The fraction of sp³-hybridized carbons (Fsp3) is 0.333. The van der Waals surface area contributed by atoms with Gasteiger partial charge in [0.05, 0.1) is 23.1 Å². The molecule has 226 valence electrons. The number of phenolic OH excluding ortho intramolecular Hbond substituents is 1. The Kier molecular flexibility index (Phi) is 7.05. The molecule has 3 aromatic rings. The van der Waals surface area contributed by atoms with E-state index >= 15 is 0 Å². The van der Waals surface area contributed by atoms with Gasteiger partial charge in [0.15, 0.2) is 0 Å². The minimum atomic E-state index is -1.21. The summed E-state index contributed by atoms with van der Waals surface area (Å²) in [6.45, 7) is 0. The molecule has 5 fully saturated rings. The number of hydrogen-bond donors (Lipinski definition) is 3. The van der Waals surface area contributed by atoms with E-state index < -0.39 is 17.9 Å². The number of hydrogen-bond acceptors (Lipinski definition) is 8. The molecule has 4 saturated carbocycles. The Bertz CT molecular complexity index is 1730. The zero-order valence-corrected chi connectivity index (χ0v) is 25.5. The SMILES string of the molecule is COc1ccc(-c2ccc(C=C3SC(=S)N(C45CC6CCC4C5C6)C3=O)o2)cc1C(=O)NC(Cc1ccc(O)cc1)C(=O)O. The average molecular weight is 631 g/mol. The summed E-state index contributed by atoms with van der Waals surface area (Å²) < 4.78 is 12.1. The smallest absolute Gasteiger partial charge is 0.326 e. The molecular weight excluding hydrogens is 601 g/mol. The number of methoxy groups -OCH3 is 1. The topological polar surface area (TPSA) is 129 Å². The van der Waals surface area contributed by atoms with E-state index in [1.54, 1.807) is 48.5 Å². The minimum absolute atomic E-state index is 0.0280. The molecule has 3 N–H and O–H groups in total. The summed E-state index contributed by atoms with van der Waals surface area (Å²) in [5.74, 6) is 1.29. The minimum Gasteiger partial charge on any atom is -0.508 e. The third kappa shape index (κ3) is 4.78. The molecule has 4 aliphatic carbocycles. The van der Waals surface area contributed by atoms with E-state index in [1.165, 1.54) is 50.3 Å². The first kappa shape index (κ1) is 28.7. The molecule has 8 rings (SSSR count). The van der Waals surface area contributed by atoms with Crippen LogP contribution in [0.2, 0.25) is 0 Å². The lowest BCUT2D eigenvalue weighted by Gasteiger charge is -2.32. The number of nitrogens with one attached hydrogen (secondary N) is 1. The molecular formula is C33H30N2O7S2. The van der Waals surface area contributed by atoms with Crippen molar-refractivity contribution in [1.29, 1.82) is 0 Å². The summed E-state index contributed by atoms with van der Waals surface area (Å²) in [5.41, 5.74) is 1.29. The molecule has 0 spiro atoms. The molecule has 2 heterocycles. The molecule has 4 bridgehead atoms. The van der Waals surface area contributed by atoms with Gasteiger partial charge in [-0.15, -0.1) is 0 Å². The molecule has 2 amide bonds. The van der Waals surface area contributed by atoms with Crippen LogP contribution in [0, 0.1) is 17.8 Å². The van der Waals surface area contributed by atoms with Crippen molar-refractivity contribution in [2.24, 2.45) is 17.8 Å². The van der Waals surface area contributed by atoms with Gasteiger partial charge in [0, 0.05) is 18.1 Å². The van der Waals surface area contributed by atoms with Gasteiger partial charge in [-0.1, -0.05) is 36.1 Å². The van der Waals surface area contributed by atoms with Crippen molar-refractivity contribution in [3.05, 3.63) is 76.4 Å². The fourth-order valence-electron chi connectivity index (χ4n) is 7.56. The molecule has 5 aliphatic rings. The highest BCUT2D eigenvalue weighted by Crippen LogP contribution is 2.73. The van der Waals surface area contributed by atoms with Crippen molar-refractivity contribution in [3.8, 4) is 22.8 Å². The van der Waals surface area contributed by atoms with E-state index in [2.05, 4.69) is 5.32 Å². The van der Waals surface area contributed by atoms with Crippen LogP contribution in [-0.2, 0) is 16.0 Å². The lowest BCUT2D eigenvalue weighted by atomic mass is 9.84. The fourth-order valence-corrected chi connectivity index (χ4v) is 8.97. The summed E-state index contributed by atoms with van der Waals surface area (Å²) in [6, 6.07) is 13.4. The van der Waals surface area contributed by atoms with Crippen LogP contribution in [0.4, 0.5) is 0 Å². The Balaban J connectivity index is 1.09. The van der Waals surface area contributed by atoms with E-state index in [1.807, 2.05) is 4.90 Å². The predicted octanol–water partition coefficient (Wildman–Crippen LogP) is 5.48. The van der Waals surface area contributed by atoms with Crippen LogP contribution in [-0.4, -0.2) is 55.9 Å². The molecule has 5 atom stereocenters. The second-order valence-electron chi connectivity index (χ2n) is 12.0. The Labute approximate surface area is 263 Å². The van der Waals surface area contributed by atoms with Gasteiger partial charge in [0.25, 0.3) is 11.8 Å². The highest BCUT2D eigenvalue weighted by Gasteiger charge is 2.75. The Morgan fingerprint density at radius 2 is 1.98 bits per heavy atom. The number of aliphatic carboxylic acids is 1. The highest BCUT2D eigenvalue weighted by molar-refractivity contribution is 8.26. The number of benzene rings is 2. The zero-order chi connectivity index (χ0) is 30.7. The number of rotatable bonds is 9. The number of ether oxygens (including phenoxy) is 1. The van der Waals surface area contributed by atoms with E-state index in [0.29, 0.717) is 49.6 Å². The van der Waals surface area contributed by atoms with Crippen molar-refractivity contribution in [2.45, 2.75) is 43.7 Å². The number of nitrogens with zero attached hydrogens (tertiary/aromatic N) is 1. The van der Waals surface area contributed by atoms with Crippen LogP contribution in [0.15, 0.2) is 63.9 Å². The third-order valence-electron chi connectivity index (χ3n) is 9.57. The molecule has 9 nitrogen and oxygen atoms in total. The van der Waals surface area contributed by atoms with Gasteiger partial charge in [0.1, 0.15) is 33.4 Å². The van der Waals surface area contributed by atoms with Gasteiger partial charge >= 0.3 is 5.97 Å². The highest BCUT2D eigenvalue weighted by atomic mass is 32.2. The second kappa shape index (κ2) is 10.8. The monoisotopic (exact) mass is 630 g/mol. The van der Waals surface area contributed by atoms with Gasteiger partial charge in [0.2, 0.25) is 0 Å². The molecule has 5 unspecified atom stereocenters. The summed E-state index contributed by atoms with van der Waals surface area (Å²) >= 11 is 7.01. The van der Waals surface area contributed by atoms with Gasteiger partial charge in [-0.2, -0.15) is 0 Å². The van der Waals surface area contributed by atoms with Crippen molar-refractivity contribution < 1.29 is 33.8 Å². The number of furan rings is 1. The van der Waals surface area contributed by atoms with E-state index in [9.17, 15) is 24.6 Å². The second-order valence-corrected chi connectivity index (χ2v) is 13.6. The largest absolute Gasteiger partial charge is 0.508 e. The number of amides is 2. The number of carbonyl (C=O) groups excluding carboxylic acids is 2. The van der Waals surface area contributed by atoms with Gasteiger partial charge in [-0.05, 0) is 91.5 Å². The lowest BCUT2D eigenvalue weighted by Crippen LogP contribution is -2.43. The first-order chi connectivity index (χ1) is 21.2. The number of carboxylic acid groups (broad SMARTS) is 1. The van der Waals surface area contributed by atoms with Gasteiger partial charge < -0.3 is 24.7 Å². The molecule has 2 aromatic carbocycles. The summed E-state index contributed by atoms with van der Waals surface area (Å²) in [6.07, 6.45) is 6.47. The number of carbonyl (C=O) groups is 3. The Morgan fingerprint density at radius 1 is 1.18 bits per heavy atom. The first-order valence-corrected chi connectivity index (χ1v) is 15.8. The Morgan fingerprint density at radius 3 is 2.64 bits per heavy atom. The predicted molar refractivity (Wildman–Crippen MR) is 168 cm³/mol. The molecule has 1 aromatic heterocycles. The first-order valence-electron chi connectivity index (χ1n) is 14.6. The molecule has 44 heavy (non-hydrogen) atoms. The van der Waals surface area contributed by atoms with Crippen molar-refractivity contribution in [3.63, 3.8) is 0 Å². The summed E-state index contributed by atoms with van der Waals surface area (Å²) in [4.78, 5) is 41.2. The lowest BCUT2D eigenvalue weighted by molar-refractivity contribution is -0.139. The van der Waals surface area contributed by atoms with Crippen LogP contribution in [0.5, 0.6) is 11.5 Å². The van der Waals surface area contributed by atoms with Crippen LogP contribution in [0.25, 0.3) is 17.4 Å². The maximum Gasteiger partial charge on any atom is 0.326 e. The van der Waals surface area contributed by atoms with Crippen LogP contribution >= 0.6 is 24.0 Å². The van der Waals surface area contributed by atoms with Crippen molar-refractivity contribution >= 4 is 52.2 Å². The summed E-state index contributed by atoms with van der Waals surface area (Å²) in [7, 11) is 1.43. The quantitative estimate of drug-likeness (QED) is 0.208. The van der Waals surface area contributed by atoms with Gasteiger partial charge in [-0.25, -0.2) is 4.79 Å². The van der Waals surface area contributed by atoms with Crippen LogP contribution < -0.4 is 10.1 Å². The maximum atomic E-state index is 13.5. The molecule has 1 aliphatic heterocycles. The van der Waals surface area contributed by atoms with E-state index in [-0.39, 0.29) is 34.9 Å². The van der Waals surface area contributed by atoms with Crippen molar-refractivity contribution in [2.75, 3.05) is 7.11 Å². The summed E-state index contributed by atoms with van der Waals surface area (Å²) in [5, 5.41) is 21.9. The Hall–Kier alpha value is -4.09. The third-order valence-corrected chi connectivity index (χ3v) is 10.9. The number of aromatic hydroxyl groups is 1. The average Bonchev–Trinajstić information content (AvgIpc) is 3.32. The zero-order valence-electron chi connectivity index (χ0n) is 23.8. The number of thiocarbonyl (C=S) groups is 1. The van der Waals surface area contributed by atoms with E-state index in [0.717, 1.165) is 6.42 Å². The van der Waals surface area contributed by atoms with Gasteiger partial charge in [-0.3, -0.25) is 14.5 Å². The number of carboxylic acids is 1. The maximum absolute atomic E-state index is 13.5. The van der Waals surface area contributed by atoms with E-state index in [4.69, 9.17) is 21.4 Å². The number of fused-ring (bicyclic) bond motifs is 1. The standard InChI is InChI=1S/C33H30N2O7S2/c1-41-27-10-5-19(14-22(27)29(37)34-25(31(39)40)13-17-2-6-20(36)7-3-17)26-11-8-21(42-26)15-28-30(38)35(32(43)44-28)33-16-18-4-9-23(33)24(33)12-18/h2-3,5-8,10-11,14-15,18,23-25,36H,4,9,12-13,16H2,1H3,(H,34,37)(H,39,40). The van der Waals surface area contributed by atoms with Crippen molar-refractivity contribution in [1.82, 2.24) is 10.2 Å².